The molecule has 166 valence electrons. The highest BCUT2D eigenvalue weighted by molar-refractivity contribution is 5.94. The molecule has 2 saturated heterocycles. The summed E-state index contributed by atoms with van der Waals surface area (Å²) in [4.78, 5) is 29.2. The number of carbonyl (C=O) groups is 2. The minimum absolute atomic E-state index is 0.00358. The summed E-state index contributed by atoms with van der Waals surface area (Å²) in [5, 5.41) is 6.02. The number of carbonyl (C=O) groups excluding carboxylic acids is 2. The highest BCUT2D eigenvalue weighted by Gasteiger charge is 2.25. The van der Waals surface area contributed by atoms with Gasteiger partial charge >= 0.3 is 6.03 Å². The molecule has 0 radical (unpaired) electrons. The molecule has 0 spiro atoms. The molecule has 0 bridgehead atoms. The van der Waals surface area contributed by atoms with Crippen molar-refractivity contribution in [2.45, 2.75) is 45.1 Å². The summed E-state index contributed by atoms with van der Waals surface area (Å²) in [5.41, 5.74) is 1.83. The number of piperidine rings is 1. The van der Waals surface area contributed by atoms with Gasteiger partial charge in [-0.1, -0.05) is 12.1 Å². The number of benzene rings is 1. The van der Waals surface area contributed by atoms with Crippen LogP contribution >= 0.6 is 0 Å². The molecule has 2 aliphatic rings. The van der Waals surface area contributed by atoms with Gasteiger partial charge in [-0.15, -0.1) is 0 Å². The van der Waals surface area contributed by atoms with Gasteiger partial charge in [0.25, 0.3) is 5.91 Å². The first kappa shape index (κ1) is 22.6. The van der Waals surface area contributed by atoms with Crippen LogP contribution in [0, 0.1) is 0 Å². The summed E-state index contributed by atoms with van der Waals surface area (Å²) in [6, 6.07) is 8.02. The van der Waals surface area contributed by atoms with Crippen molar-refractivity contribution >= 4 is 11.9 Å². The predicted molar refractivity (Wildman–Crippen MR) is 118 cm³/mol. The molecule has 3 rings (SSSR count). The van der Waals surface area contributed by atoms with E-state index in [9.17, 15) is 9.59 Å². The third-order valence-corrected chi connectivity index (χ3v) is 5.78. The van der Waals surface area contributed by atoms with Gasteiger partial charge in [0.05, 0.1) is 13.2 Å². The van der Waals surface area contributed by atoms with E-state index in [0.29, 0.717) is 18.7 Å². The van der Waals surface area contributed by atoms with Gasteiger partial charge in [0.15, 0.2) is 0 Å². The van der Waals surface area contributed by atoms with Gasteiger partial charge in [-0.05, 0) is 57.4 Å². The third-order valence-electron chi connectivity index (χ3n) is 5.78. The van der Waals surface area contributed by atoms with Gasteiger partial charge in [0.2, 0.25) is 0 Å². The van der Waals surface area contributed by atoms with Gasteiger partial charge in [-0.25, -0.2) is 4.79 Å². The van der Waals surface area contributed by atoms with Gasteiger partial charge in [-0.3, -0.25) is 9.69 Å². The van der Waals surface area contributed by atoms with Gasteiger partial charge in [-0.2, -0.15) is 0 Å². The first-order valence-corrected chi connectivity index (χ1v) is 11.3. The van der Waals surface area contributed by atoms with Crippen molar-refractivity contribution < 1.29 is 14.3 Å². The SMILES string of the molecule is CC(C)NC(=O)N1CCC[C@@H](c2cccc(C(=O)NCCCN3CCOCC3)c2)C1. The van der Waals surface area contributed by atoms with E-state index in [-0.39, 0.29) is 23.9 Å². The van der Waals surface area contributed by atoms with Crippen LogP contribution in [0.3, 0.4) is 0 Å². The Balaban J connectivity index is 1.49. The highest BCUT2D eigenvalue weighted by atomic mass is 16.5. The Kier molecular flexibility index (Phi) is 8.51. The number of nitrogens with zero attached hydrogens (tertiary/aromatic N) is 2. The van der Waals surface area contributed by atoms with E-state index in [4.69, 9.17) is 4.74 Å². The smallest absolute Gasteiger partial charge is 0.317 e. The lowest BCUT2D eigenvalue weighted by Crippen LogP contribution is -2.47. The van der Waals surface area contributed by atoms with Crippen molar-refractivity contribution in [3.63, 3.8) is 0 Å². The summed E-state index contributed by atoms with van der Waals surface area (Å²) in [6.07, 6.45) is 2.96. The molecule has 1 aromatic rings. The third kappa shape index (κ3) is 6.71. The maximum atomic E-state index is 12.6. The van der Waals surface area contributed by atoms with Gasteiger partial charge in [0, 0.05) is 50.2 Å². The molecule has 30 heavy (non-hydrogen) atoms. The number of rotatable bonds is 7. The Morgan fingerprint density at radius 1 is 1.20 bits per heavy atom. The number of hydrogen-bond donors (Lipinski definition) is 2. The van der Waals surface area contributed by atoms with Crippen LogP contribution in [0.2, 0.25) is 0 Å². The normalized spacial score (nSPS) is 20.2. The zero-order chi connectivity index (χ0) is 21.3. The minimum atomic E-state index is -0.0240. The van der Waals surface area contributed by atoms with Crippen molar-refractivity contribution in [1.29, 1.82) is 0 Å². The topological polar surface area (TPSA) is 73.9 Å². The fourth-order valence-electron chi connectivity index (χ4n) is 4.14. The lowest BCUT2D eigenvalue weighted by molar-refractivity contribution is 0.0374. The van der Waals surface area contributed by atoms with E-state index in [1.807, 2.05) is 36.9 Å². The molecule has 7 heteroatoms. The lowest BCUT2D eigenvalue weighted by atomic mass is 9.89. The molecule has 1 aromatic carbocycles. The molecule has 0 aliphatic carbocycles. The molecule has 2 aliphatic heterocycles. The Labute approximate surface area is 180 Å². The Bertz CT molecular complexity index is 703. The maximum absolute atomic E-state index is 12.6. The van der Waals surface area contributed by atoms with Crippen molar-refractivity contribution in [2.75, 3.05) is 52.5 Å². The van der Waals surface area contributed by atoms with E-state index >= 15 is 0 Å². The molecule has 2 fully saturated rings. The zero-order valence-corrected chi connectivity index (χ0v) is 18.4. The Morgan fingerprint density at radius 3 is 2.77 bits per heavy atom. The van der Waals surface area contributed by atoms with Crippen molar-refractivity contribution in [1.82, 2.24) is 20.4 Å². The second-order valence-electron chi connectivity index (χ2n) is 8.58. The average Bonchev–Trinajstić information content (AvgIpc) is 2.77. The van der Waals surface area contributed by atoms with E-state index in [1.165, 1.54) is 0 Å². The molecule has 1 atom stereocenters. The maximum Gasteiger partial charge on any atom is 0.317 e. The summed E-state index contributed by atoms with van der Waals surface area (Å²) in [5.74, 6) is 0.245. The van der Waals surface area contributed by atoms with Crippen molar-refractivity contribution in [3.05, 3.63) is 35.4 Å². The molecule has 2 N–H and O–H groups in total. The van der Waals surface area contributed by atoms with Crippen molar-refractivity contribution in [2.24, 2.45) is 0 Å². The second kappa shape index (κ2) is 11.3. The fourth-order valence-corrected chi connectivity index (χ4v) is 4.14. The summed E-state index contributed by atoms with van der Waals surface area (Å²) in [7, 11) is 0. The number of nitrogens with one attached hydrogen (secondary N) is 2. The van der Waals surface area contributed by atoms with Crippen LogP contribution in [0.4, 0.5) is 4.79 Å². The number of amides is 3. The van der Waals surface area contributed by atoms with Gasteiger partial charge in [0.1, 0.15) is 0 Å². The number of likely N-dealkylation sites (tertiary alicyclic amines) is 1. The molecule has 0 unspecified atom stereocenters. The summed E-state index contributed by atoms with van der Waals surface area (Å²) in [6.45, 7) is 10.7. The van der Waals surface area contributed by atoms with Crippen LogP contribution in [0.5, 0.6) is 0 Å². The second-order valence-corrected chi connectivity index (χ2v) is 8.58. The van der Waals surface area contributed by atoms with E-state index in [2.05, 4.69) is 21.6 Å². The first-order chi connectivity index (χ1) is 14.5. The van der Waals surface area contributed by atoms with E-state index < -0.39 is 0 Å². The van der Waals surface area contributed by atoms with Crippen LogP contribution in [-0.2, 0) is 4.74 Å². The van der Waals surface area contributed by atoms with Crippen LogP contribution in [0.25, 0.3) is 0 Å². The van der Waals surface area contributed by atoms with Crippen LogP contribution in [-0.4, -0.2) is 80.3 Å². The molecular weight excluding hydrogens is 380 g/mol. The summed E-state index contributed by atoms with van der Waals surface area (Å²) >= 11 is 0. The van der Waals surface area contributed by atoms with E-state index in [0.717, 1.165) is 64.2 Å². The minimum Gasteiger partial charge on any atom is -0.379 e. The Morgan fingerprint density at radius 2 is 2.00 bits per heavy atom. The Hall–Kier alpha value is -2.12. The quantitative estimate of drug-likeness (QED) is 0.670. The number of ether oxygens (including phenoxy) is 1. The highest BCUT2D eigenvalue weighted by Crippen LogP contribution is 2.27. The van der Waals surface area contributed by atoms with E-state index in [1.54, 1.807) is 0 Å². The molecule has 2 heterocycles. The lowest BCUT2D eigenvalue weighted by Gasteiger charge is -2.33. The molecule has 0 saturated carbocycles. The number of urea groups is 1. The zero-order valence-electron chi connectivity index (χ0n) is 18.4. The van der Waals surface area contributed by atoms with Crippen LogP contribution in [0.15, 0.2) is 24.3 Å². The fraction of sp³-hybridized carbons (Fsp3) is 0.652. The monoisotopic (exact) mass is 416 g/mol. The average molecular weight is 417 g/mol. The summed E-state index contributed by atoms with van der Waals surface area (Å²) < 4.78 is 5.36. The van der Waals surface area contributed by atoms with Gasteiger partial charge < -0.3 is 20.3 Å². The van der Waals surface area contributed by atoms with Crippen molar-refractivity contribution in [3.8, 4) is 0 Å². The molecule has 3 amide bonds. The first-order valence-electron chi connectivity index (χ1n) is 11.3. The van der Waals surface area contributed by atoms with Crippen LogP contribution in [0.1, 0.15) is 54.9 Å². The molecular formula is C23H36N4O3. The van der Waals surface area contributed by atoms with Crippen LogP contribution < -0.4 is 10.6 Å². The number of hydrogen-bond acceptors (Lipinski definition) is 4. The standard InChI is InChI=1S/C23H36N4O3/c1-18(2)25-23(29)27-11-4-8-21(17-27)19-6-3-7-20(16-19)22(28)24-9-5-10-26-12-14-30-15-13-26/h3,6-7,16,18,21H,4-5,8-15,17H2,1-2H3,(H,24,28)(H,25,29)/t21-/m1/s1. The molecule has 7 nitrogen and oxygen atoms in total. The predicted octanol–water partition coefficient (Wildman–Crippen LogP) is 2.44. The largest absolute Gasteiger partial charge is 0.379 e. The number of morpholine rings is 1. The molecule has 0 aromatic heterocycles.